The number of benzene rings is 1. The van der Waals surface area contributed by atoms with Crippen molar-refractivity contribution in [1.29, 1.82) is 5.26 Å². The Kier molecular flexibility index (Phi) is 6.69. The minimum absolute atomic E-state index is 0.131. The molecule has 1 aromatic carbocycles. The summed E-state index contributed by atoms with van der Waals surface area (Å²) in [4.78, 5) is 0. The molecule has 1 rings (SSSR count). The molecule has 0 fully saturated rings. The van der Waals surface area contributed by atoms with Gasteiger partial charge in [-0.05, 0) is 43.3 Å². The van der Waals surface area contributed by atoms with Crippen molar-refractivity contribution in [3.63, 3.8) is 0 Å². The second-order valence-electron chi connectivity index (χ2n) is 4.26. The van der Waals surface area contributed by atoms with E-state index in [0.29, 0.717) is 5.57 Å². The minimum atomic E-state index is 0.131. The lowest BCUT2D eigenvalue weighted by molar-refractivity contribution is 0.415. The van der Waals surface area contributed by atoms with Crippen LogP contribution in [0.4, 0.5) is 0 Å². The fraction of sp³-hybridized carbons (Fsp3) is 0.333. The van der Waals surface area contributed by atoms with Crippen molar-refractivity contribution >= 4 is 33.2 Å². The molecule has 0 aliphatic rings. The molecule has 0 bridgehead atoms. The number of hydrogen-bond acceptors (Lipinski definition) is 4. The third kappa shape index (κ3) is 4.32. The summed E-state index contributed by atoms with van der Waals surface area (Å²) in [6, 6.07) is 10.3. The first-order valence-corrected chi connectivity index (χ1v) is 7.44. The van der Waals surface area contributed by atoms with Gasteiger partial charge in [0.05, 0.1) is 13.2 Å². The maximum atomic E-state index is 9.17. The number of ether oxygens (including phenoxy) is 1. The molecule has 5 heteroatoms. The van der Waals surface area contributed by atoms with E-state index in [9.17, 15) is 0 Å². The molecule has 0 saturated heterocycles. The van der Waals surface area contributed by atoms with Gasteiger partial charge in [-0.15, -0.1) is 0 Å². The summed E-state index contributed by atoms with van der Waals surface area (Å²) in [5.74, 6) is 0. The molecule has 106 valence electrons. The molecule has 0 radical (unpaired) electrons. The van der Waals surface area contributed by atoms with Crippen LogP contribution in [-0.4, -0.2) is 12.2 Å². The summed E-state index contributed by atoms with van der Waals surface area (Å²) >= 11 is 8.45. The summed E-state index contributed by atoms with van der Waals surface area (Å²) in [5.41, 5.74) is 2.27. The van der Waals surface area contributed by atoms with E-state index in [1.807, 2.05) is 19.1 Å². The van der Waals surface area contributed by atoms with Gasteiger partial charge in [0.2, 0.25) is 5.05 Å². The molecule has 1 N–H and O–H groups in total. The van der Waals surface area contributed by atoms with Gasteiger partial charge in [0.25, 0.3) is 0 Å². The van der Waals surface area contributed by atoms with Crippen LogP contribution in [0.3, 0.4) is 0 Å². The van der Waals surface area contributed by atoms with Crippen molar-refractivity contribution in [3.05, 3.63) is 45.6 Å². The van der Waals surface area contributed by atoms with Crippen molar-refractivity contribution in [3.8, 4) is 6.07 Å². The Balaban J connectivity index is 2.98. The fourth-order valence-corrected chi connectivity index (χ4v) is 2.30. The van der Waals surface area contributed by atoms with Crippen molar-refractivity contribution in [2.75, 3.05) is 7.11 Å². The quantitative estimate of drug-likeness (QED) is 0.488. The highest BCUT2D eigenvalue weighted by Crippen LogP contribution is 2.21. The van der Waals surface area contributed by atoms with Gasteiger partial charge in [0.15, 0.2) is 0 Å². The Morgan fingerprint density at radius 3 is 2.50 bits per heavy atom. The molecule has 1 atom stereocenters. The van der Waals surface area contributed by atoms with Gasteiger partial charge in [0.1, 0.15) is 11.6 Å². The molecule has 0 heterocycles. The third-order valence-electron chi connectivity index (χ3n) is 2.95. The number of nitrogens with zero attached hydrogens (tertiary/aromatic N) is 1. The van der Waals surface area contributed by atoms with Crippen LogP contribution in [0, 0.1) is 11.3 Å². The zero-order valence-corrected chi connectivity index (χ0v) is 14.1. The van der Waals surface area contributed by atoms with Crippen LogP contribution in [-0.2, 0) is 4.74 Å². The van der Waals surface area contributed by atoms with Crippen LogP contribution >= 0.6 is 28.1 Å². The number of halogens is 1. The van der Waals surface area contributed by atoms with Crippen LogP contribution in [0.1, 0.15) is 31.9 Å². The average Bonchev–Trinajstić information content (AvgIpc) is 2.46. The standard InChI is InChI=1S/C15H17BrN2OS/c1-4-14(11-5-7-12(16)8-6-11)18-10(2)13(9-17)15(20)19-3/h5-8,14,18H,4H2,1-3H3. The normalized spacial score (nSPS) is 12.9. The van der Waals surface area contributed by atoms with Gasteiger partial charge in [0, 0.05) is 10.2 Å². The van der Waals surface area contributed by atoms with E-state index in [1.165, 1.54) is 7.11 Å². The number of hydrogen-bond donors (Lipinski definition) is 1. The van der Waals surface area contributed by atoms with Gasteiger partial charge in [-0.3, -0.25) is 0 Å². The summed E-state index contributed by atoms with van der Waals surface area (Å²) < 4.78 is 6.01. The lowest BCUT2D eigenvalue weighted by Gasteiger charge is -2.20. The Bertz CT molecular complexity index is 546. The maximum Gasteiger partial charge on any atom is 0.203 e. The zero-order valence-electron chi connectivity index (χ0n) is 11.7. The van der Waals surface area contributed by atoms with Crippen molar-refractivity contribution in [1.82, 2.24) is 5.32 Å². The van der Waals surface area contributed by atoms with Crippen LogP contribution in [0.25, 0.3) is 0 Å². The van der Waals surface area contributed by atoms with Gasteiger partial charge >= 0.3 is 0 Å². The van der Waals surface area contributed by atoms with Crippen LogP contribution in [0.2, 0.25) is 0 Å². The maximum absolute atomic E-state index is 9.17. The zero-order chi connectivity index (χ0) is 15.1. The van der Waals surface area contributed by atoms with Gasteiger partial charge in [-0.2, -0.15) is 5.26 Å². The SMILES string of the molecule is CCC(NC(C)=C(C#N)C(=S)OC)c1ccc(Br)cc1. The van der Waals surface area contributed by atoms with Crippen LogP contribution in [0.15, 0.2) is 40.0 Å². The highest BCUT2D eigenvalue weighted by Gasteiger charge is 2.14. The molecule has 0 saturated carbocycles. The first kappa shape index (κ1) is 16.7. The Hall–Kier alpha value is -1.38. The molecule has 0 aliphatic carbocycles. The van der Waals surface area contributed by atoms with E-state index in [2.05, 4.69) is 46.4 Å². The lowest BCUT2D eigenvalue weighted by Crippen LogP contribution is -2.21. The Morgan fingerprint density at radius 2 is 2.05 bits per heavy atom. The van der Waals surface area contributed by atoms with Crippen molar-refractivity contribution < 1.29 is 4.74 Å². The van der Waals surface area contributed by atoms with E-state index in [1.54, 1.807) is 0 Å². The molecule has 20 heavy (non-hydrogen) atoms. The second-order valence-corrected chi connectivity index (χ2v) is 5.55. The molecular weight excluding hydrogens is 336 g/mol. The topological polar surface area (TPSA) is 45.0 Å². The number of allylic oxidation sites excluding steroid dienone is 1. The summed E-state index contributed by atoms with van der Waals surface area (Å²) in [6.45, 7) is 3.93. The average molecular weight is 353 g/mol. The first-order chi connectivity index (χ1) is 9.53. The van der Waals surface area contributed by atoms with E-state index in [0.717, 1.165) is 22.2 Å². The number of nitriles is 1. The number of nitrogens with one attached hydrogen (secondary N) is 1. The third-order valence-corrected chi connectivity index (χ3v) is 3.85. The largest absolute Gasteiger partial charge is 0.486 e. The molecule has 0 aliphatic heterocycles. The van der Waals surface area contributed by atoms with Crippen LogP contribution in [0.5, 0.6) is 0 Å². The Labute approximate surface area is 133 Å². The summed E-state index contributed by atoms with van der Waals surface area (Å²) in [5, 5.41) is 12.7. The summed E-state index contributed by atoms with van der Waals surface area (Å²) in [6.07, 6.45) is 0.900. The van der Waals surface area contributed by atoms with Gasteiger partial charge in [-0.1, -0.05) is 35.0 Å². The van der Waals surface area contributed by atoms with Crippen LogP contribution < -0.4 is 5.32 Å². The highest BCUT2D eigenvalue weighted by molar-refractivity contribution is 9.10. The monoisotopic (exact) mass is 352 g/mol. The molecule has 1 aromatic rings. The van der Waals surface area contributed by atoms with Crippen molar-refractivity contribution in [2.24, 2.45) is 0 Å². The first-order valence-electron chi connectivity index (χ1n) is 6.24. The molecule has 3 nitrogen and oxygen atoms in total. The predicted molar refractivity (Wildman–Crippen MR) is 88.2 cm³/mol. The fourth-order valence-electron chi connectivity index (χ4n) is 1.83. The number of methoxy groups -OCH3 is 1. The highest BCUT2D eigenvalue weighted by atomic mass is 79.9. The van der Waals surface area contributed by atoms with Gasteiger partial charge < -0.3 is 10.1 Å². The second kappa shape index (κ2) is 8.03. The number of rotatable bonds is 5. The lowest BCUT2D eigenvalue weighted by atomic mass is 10.0. The molecule has 1 unspecified atom stereocenters. The minimum Gasteiger partial charge on any atom is -0.486 e. The molecule has 0 amide bonds. The van der Waals surface area contributed by atoms with E-state index >= 15 is 0 Å². The molecule has 0 spiro atoms. The van der Waals surface area contributed by atoms with Crippen molar-refractivity contribution in [2.45, 2.75) is 26.3 Å². The molecule has 0 aromatic heterocycles. The van der Waals surface area contributed by atoms with Gasteiger partial charge in [-0.25, -0.2) is 0 Å². The van der Waals surface area contributed by atoms with E-state index in [-0.39, 0.29) is 11.1 Å². The Morgan fingerprint density at radius 1 is 1.45 bits per heavy atom. The van der Waals surface area contributed by atoms with E-state index in [4.69, 9.17) is 22.2 Å². The smallest absolute Gasteiger partial charge is 0.203 e. The predicted octanol–water partition coefficient (Wildman–Crippen LogP) is 4.26. The number of thiocarbonyl (C=S) groups is 1. The molecular formula is C15H17BrN2OS. The summed E-state index contributed by atoms with van der Waals surface area (Å²) in [7, 11) is 1.47. The van der Waals surface area contributed by atoms with E-state index < -0.39 is 0 Å².